The van der Waals surface area contributed by atoms with Crippen LogP contribution in [0.4, 0.5) is 10.5 Å². The number of rotatable bonds is 5. The largest absolute Gasteiger partial charge is 0.444 e. The highest BCUT2D eigenvalue weighted by atomic mass is 16.6. The quantitative estimate of drug-likeness (QED) is 0.483. The summed E-state index contributed by atoms with van der Waals surface area (Å²) in [5.74, 6) is -0.134. The van der Waals surface area contributed by atoms with Gasteiger partial charge in [0.2, 0.25) is 0 Å². The molecule has 1 aliphatic heterocycles. The third-order valence-corrected chi connectivity index (χ3v) is 6.39. The molecule has 1 saturated heterocycles. The average molecular weight is 501 g/mol. The molecule has 7 heteroatoms. The molecule has 0 aliphatic carbocycles. The van der Waals surface area contributed by atoms with E-state index in [9.17, 15) is 9.59 Å². The Kier molecular flexibility index (Phi) is 7.93. The monoisotopic (exact) mass is 500 g/mol. The molecule has 0 radical (unpaired) electrons. The predicted octanol–water partition coefficient (Wildman–Crippen LogP) is 5.75. The molecule has 0 saturated carbocycles. The maximum atomic E-state index is 12.9. The van der Waals surface area contributed by atoms with Gasteiger partial charge in [-0.1, -0.05) is 24.3 Å². The van der Waals surface area contributed by atoms with E-state index in [0.29, 0.717) is 12.1 Å². The first-order valence-corrected chi connectivity index (χ1v) is 12.7. The number of aryl methyl sites for hydroxylation is 1. The van der Waals surface area contributed by atoms with Gasteiger partial charge in [0.25, 0.3) is 5.91 Å². The molecule has 0 spiro atoms. The van der Waals surface area contributed by atoms with Crippen molar-refractivity contribution >= 4 is 17.7 Å². The number of carbonyl (C=O) groups is 2. The summed E-state index contributed by atoms with van der Waals surface area (Å²) in [6.07, 6.45) is 1.51. The summed E-state index contributed by atoms with van der Waals surface area (Å²) in [4.78, 5) is 33.9. The minimum atomic E-state index is -0.493. The Labute approximate surface area is 219 Å². The predicted molar refractivity (Wildman–Crippen MR) is 146 cm³/mol. The molecule has 1 aromatic heterocycles. The maximum Gasteiger partial charge on any atom is 0.410 e. The van der Waals surface area contributed by atoms with Crippen molar-refractivity contribution in [3.05, 3.63) is 83.6 Å². The van der Waals surface area contributed by atoms with E-state index >= 15 is 0 Å². The lowest BCUT2D eigenvalue weighted by atomic mass is 10.0. The summed E-state index contributed by atoms with van der Waals surface area (Å²) in [7, 11) is 0. The van der Waals surface area contributed by atoms with Crippen LogP contribution in [0.25, 0.3) is 11.3 Å². The summed E-state index contributed by atoms with van der Waals surface area (Å²) in [5.41, 5.74) is 4.83. The zero-order valence-electron chi connectivity index (χ0n) is 22.3. The highest BCUT2D eigenvalue weighted by molar-refractivity contribution is 6.05. The van der Waals surface area contributed by atoms with Gasteiger partial charge in [-0.2, -0.15) is 0 Å². The fraction of sp³-hybridized carbons (Fsp3) is 0.367. The summed E-state index contributed by atoms with van der Waals surface area (Å²) >= 11 is 0. The van der Waals surface area contributed by atoms with Crippen LogP contribution in [0, 0.1) is 6.92 Å². The Morgan fingerprint density at radius 1 is 1.05 bits per heavy atom. The Hall–Kier alpha value is -3.71. The Morgan fingerprint density at radius 2 is 1.81 bits per heavy atom. The number of carbonyl (C=O) groups excluding carboxylic acids is 2. The number of hydrogen-bond acceptors (Lipinski definition) is 5. The van der Waals surface area contributed by atoms with Crippen molar-refractivity contribution < 1.29 is 14.3 Å². The van der Waals surface area contributed by atoms with Crippen molar-refractivity contribution in [2.75, 3.05) is 25.0 Å². The standard InChI is InChI=1S/C30H36N4O3/c1-21-18-24(27-8-6-7-15-31-27)11-14-26(21)28(35)32-25-12-9-23(10-13-25)20-33-16-17-34(22(2)19-33)29(36)37-30(3,4)5/h6-15,18,22H,16-17,19-20H2,1-5H3,(H,32,35)/t22-/m0/s1. The topological polar surface area (TPSA) is 74.8 Å². The third kappa shape index (κ3) is 6.95. The van der Waals surface area contributed by atoms with Crippen molar-refractivity contribution in [3.8, 4) is 11.3 Å². The molecular formula is C30H36N4O3. The molecule has 1 fully saturated rings. The van der Waals surface area contributed by atoms with Crippen LogP contribution in [0.2, 0.25) is 0 Å². The number of aromatic nitrogens is 1. The third-order valence-electron chi connectivity index (χ3n) is 6.39. The van der Waals surface area contributed by atoms with Crippen LogP contribution in [0.1, 0.15) is 49.2 Å². The molecule has 1 aliphatic rings. The van der Waals surface area contributed by atoms with Crippen LogP contribution in [0.5, 0.6) is 0 Å². The van der Waals surface area contributed by atoms with Crippen molar-refractivity contribution in [3.63, 3.8) is 0 Å². The lowest BCUT2D eigenvalue weighted by Crippen LogP contribution is -2.54. The zero-order valence-corrected chi connectivity index (χ0v) is 22.3. The number of nitrogens with zero attached hydrogens (tertiary/aromatic N) is 3. The van der Waals surface area contributed by atoms with Crippen LogP contribution >= 0.6 is 0 Å². The lowest BCUT2D eigenvalue weighted by Gasteiger charge is -2.40. The molecule has 1 N–H and O–H groups in total. The zero-order chi connectivity index (χ0) is 26.6. The van der Waals surface area contributed by atoms with Crippen molar-refractivity contribution in [1.82, 2.24) is 14.8 Å². The molecule has 37 heavy (non-hydrogen) atoms. The van der Waals surface area contributed by atoms with E-state index < -0.39 is 5.60 Å². The number of nitrogens with one attached hydrogen (secondary N) is 1. The van der Waals surface area contributed by atoms with Gasteiger partial charge in [-0.05, 0) is 82.1 Å². The summed E-state index contributed by atoms with van der Waals surface area (Å²) in [6, 6.07) is 19.6. The van der Waals surface area contributed by atoms with Gasteiger partial charge in [0.1, 0.15) is 5.60 Å². The summed E-state index contributed by atoms with van der Waals surface area (Å²) in [5, 5.41) is 3.01. The second kappa shape index (κ2) is 11.1. The highest BCUT2D eigenvalue weighted by Gasteiger charge is 2.30. The first-order chi connectivity index (χ1) is 17.6. The fourth-order valence-electron chi connectivity index (χ4n) is 4.53. The lowest BCUT2D eigenvalue weighted by molar-refractivity contribution is 0.000551. The molecule has 3 aromatic rings. The number of pyridine rings is 1. The van der Waals surface area contributed by atoms with Gasteiger partial charge in [-0.25, -0.2) is 4.79 Å². The number of ether oxygens (including phenoxy) is 1. The van der Waals surface area contributed by atoms with Gasteiger partial charge in [0, 0.05) is 55.2 Å². The number of benzene rings is 2. The molecule has 2 amide bonds. The minimum Gasteiger partial charge on any atom is -0.444 e. The Balaban J connectivity index is 1.32. The average Bonchev–Trinajstić information content (AvgIpc) is 2.84. The SMILES string of the molecule is Cc1cc(-c2ccccn2)ccc1C(=O)Nc1ccc(CN2CCN(C(=O)OC(C)(C)C)[C@@H](C)C2)cc1. The molecule has 4 rings (SSSR count). The van der Waals surface area contributed by atoms with Gasteiger partial charge in [0.15, 0.2) is 0 Å². The molecule has 7 nitrogen and oxygen atoms in total. The van der Waals surface area contributed by atoms with E-state index in [1.807, 2.05) is 93.3 Å². The van der Waals surface area contributed by atoms with Crippen molar-refractivity contribution in [2.45, 2.75) is 52.8 Å². The number of amides is 2. The first-order valence-electron chi connectivity index (χ1n) is 12.7. The number of hydrogen-bond donors (Lipinski definition) is 1. The Morgan fingerprint density at radius 3 is 2.43 bits per heavy atom. The van der Waals surface area contributed by atoms with E-state index in [1.165, 1.54) is 0 Å². The van der Waals surface area contributed by atoms with Gasteiger partial charge < -0.3 is 15.0 Å². The van der Waals surface area contributed by atoms with E-state index in [0.717, 1.165) is 47.7 Å². The van der Waals surface area contributed by atoms with E-state index in [4.69, 9.17) is 4.74 Å². The van der Waals surface area contributed by atoms with E-state index in [-0.39, 0.29) is 18.0 Å². The highest BCUT2D eigenvalue weighted by Crippen LogP contribution is 2.22. The van der Waals surface area contributed by atoms with E-state index in [2.05, 4.69) is 22.1 Å². The molecule has 2 heterocycles. The van der Waals surface area contributed by atoms with Crippen LogP contribution in [-0.4, -0.2) is 58.1 Å². The normalized spacial score (nSPS) is 16.4. The molecular weight excluding hydrogens is 464 g/mol. The molecule has 1 atom stereocenters. The minimum absolute atomic E-state index is 0.0782. The Bertz CT molecular complexity index is 1240. The maximum absolute atomic E-state index is 12.9. The van der Waals surface area contributed by atoms with Gasteiger partial charge in [-0.3, -0.25) is 14.7 Å². The smallest absolute Gasteiger partial charge is 0.410 e. The van der Waals surface area contributed by atoms with Crippen molar-refractivity contribution in [2.24, 2.45) is 0 Å². The number of anilines is 1. The molecule has 0 unspecified atom stereocenters. The second-order valence-electron chi connectivity index (χ2n) is 10.7. The summed E-state index contributed by atoms with van der Waals surface area (Å²) < 4.78 is 5.54. The molecule has 0 bridgehead atoms. The van der Waals surface area contributed by atoms with Gasteiger partial charge in [0.05, 0.1) is 5.69 Å². The second-order valence-corrected chi connectivity index (χ2v) is 10.7. The number of piperazine rings is 1. The van der Waals surface area contributed by atoms with Crippen molar-refractivity contribution in [1.29, 1.82) is 0 Å². The van der Waals surface area contributed by atoms with Crippen LogP contribution in [0.3, 0.4) is 0 Å². The fourth-order valence-corrected chi connectivity index (χ4v) is 4.53. The summed E-state index contributed by atoms with van der Waals surface area (Å²) in [6.45, 7) is 12.7. The molecule has 194 valence electrons. The van der Waals surface area contributed by atoms with E-state index in [1.54, 1.807) is 6.20 Å². The first kappa shape index (κ1) is 26.4. The molecule has 2 aromatic carbocycles. The van der Waals surface area contributed by atoms with Crippen LogP contribution in [-0.2, 0) is 11.3 Å². The van der Waals surface area contributed by atoms with Gasteiger partial charge in [-0.15, -0.1) is 0 Å². The van der Waals surface area contributed by atoms with Crippen LogP contribution < -0.4 is 5.32 Å². The van der Waals surface area contributed by atoms with Crippen LogP contribution in [0.15, 0.2) is 66.9 Å². The van der Waals surface area contributed by atoms with Gasteiger partial charge >= 0.3 is 6.09 Å².